The molecule has 2 atom stereocenters. The van der Waals surface area contributed by atoms with Crippen LogP contribution < -0.4 is 29.6 Å². The lowest BCUT2D eigenvalue weighted by Crippen LogP contribution is -2.37. The zero-order valence-electron chi connectivity index (χ0n) is 18.1. The zero-order valence-corrected chi connectivity index (χ0v) is 18.1. The van der Waals surface area contributed by atoms with Crippen molar-refractivity contribution in [3.05, 3.63) is 47.5 Å². The molecule has 2 N–H and O–H groups in total. The van der Waals surface area contributed by atoms with Crippen LogP contribution >= 0.6 is 0 Å². The molecule has 2 rings (SSSR count). The third-order valence-corrected chi connectivity index (χ3v) is 4.92. The smallest absolute Gasteiger partial charge is 0.228 e. The Morgan fingerprint density at radius 3 is 1.23 bits per heavy atom. The topological polar surface area (TPSA) is 95.1 Å². The normalized spacial score (nSPS) is 12.3. The molecule has 0 heterocycles. The van der Waals surface area contributed by atoms with Crippen LogP contribution in [0.4, 0.5) is 0 Å². The van der Waals surface area contributed by atoms with Crippen molar-refractivity contribution in [3.8, 4) is 23.0 Å². The molecule has 0 aliphatic rings. The molecule has 0 spiro atoms. The van der Waals surface area contributed by atoms with Crippen LogP contribution in [-0.2, 0) is 9.59 Å². The highest BCUT2D eigenvalue weighted by Crippen LogP contribution is 2.40. The molecule has 30 heavy (non-hydrogen) atoms. The Kier molecular flexibility index (Phi) is 7.91. The first kappa shape index (κ1) is 22.9. The fraction of sp³-hybridized carbons (Fsp3) is 0.364. The molecule has 2 aromatic carbocycles. The second-order valence-electron chi connectivity index (χ2n) is 6.41. The van der Waals surface area contributed by atoms with Crippen LogP contribution in [0.1, 0.15) is 23.0 Å². The molecule has 0 unspecified atom stereocenters. The molecule has 0 aliphatic carbocycles. The number of ether oxygens (including phenoxy) is 4. The number of benzene rings is 2. The van der Waals surface area contributed by atoms with Gasteiger partial charge in [-0.1, -0.05) is 12.1 Å². The number of carbonyl (C=O) groups is 2. The minimum atomic E-state index is -0.826. The Hall–Kier alpha value is -3.42. The molecule has 8 heteroatoms. The highest BCUT2D eigenvalue weighted by molar-refractivity contribution is 5.94. The monoisotopic (exact) mass is 416 g/mol. The van der Waals surface area contributed by atoms with Gasteiger partial charge in [-0.05, 0) is 35.4 Å². The molecule has 2 amide bonds. The first-order valence-electron chi connectivity index (χ1n) is 9.32. The van der Waals surface area contributed by atoms with E-state index in [1.165, 1.54) is 42.5 Å². The van der Waals surface area contributed by atoms with E-state index < -0.39 is 11.8 Å². The first-order chi connectivity index (χ1) is 14.4. The molecule has 0 fully saturated rings. The maximum atomic E-state index is 13.0. The van der Waals surface area contributed by atoms with Crippen molar-refractivity contribution in [2.24, 2.45) is 0 Å². The number of amides is 2. The van der Waals surface area contributed by atoms with Gasteiger partial charge in [0, 0.05) is 14.1 Å². The van der Waals surface area contributed by atoms with Crippen LogP contribution in [0.15, 0.2) is 36.4 Å². The van der Waals surface area contributed by atoms with Crippen LogP contribution in [-0.4, -0.2) is 54.3 Å². The Balaban J connectivity index is 2.68. The Morgan fingerprint density at radius 1 is 0.633 bits per heavy atom. The number of carbonyl (C=O) groups excluding carboxylic acids is 2. The standard InChI is InChI=1S/C22H28N2O6/c1-23-21(25)19(13-7-9-15(27-3)17(11-13)29-5)20(22(26)24-2)14-8-10-16(28-4)18(12-14)30-6/h7-12,19-20H,1-6H3,(H,23,25)(H,24,26)/t19-,20-/m0/s1. The van der Waals surface area contributed by atoms with E-state index in [0.29, 0.717) is 34.1 Å². The molecular formula is C22H28N2O6. The summed E-state index contributed by atoms with van der Waals surface area (Å²) in [4.78, 5) is 25.9. The fourth-order valence-electron chi connectivity index (χ4n) is 3.39. The van der Waals surface area contributed by atoms with Gasteiger partial charge in [0.2, 0.25) is 11.8 Å². The molecule has 0 saturated carbocycles. The molecule has 2 aromatic rings. The Labute approximate surface area is 176 Å². The van der Waals surface area contributed by atoms with Gasteiger partial charge in [0.15, 0.2) is 23.0 Å². The summed E-state index contributed by atoms with van der Waals surface area (Å²) in [6, 6.07) is 10.3. The highest BCUT2D eigenvalue weighted by atomic mass is 16.5. The second-order valence-corrected chi connectivity index (χ2v) is 6.41. The molecular weight excluding hydrogens is 388 g/mol. The second kappa shape index (κ2) is 10.4. The van der Waals surface area contributed by atoms with Gasteiger partial charge in [-0.25, -0.2) is 0 Å². The fourth-order valence-corrected chi connectivity index (χ4v) is 3.39. The summed E-state index contributed by atoms with van der Waals surface area (Å²) in [7, 11) is 9.16. The SMILES string of the molecule is CNC(=O)[C@@H](c1ccc(OC)c(OC)c1)[C@@H](C(=O)NC)c1ccc(OC)c(OC)c1. The van der Waals surface area contributed by atoms with Gasteiger partial charge < -0.3 is 29.6 Å². The van der Waals surface area contributed by atoms with E-state index in [1.807, 2.05) is 0 Å². The van der Waals surface area contributed by atoms with Crippen LogP contribution in [0.25, 0.3) is 0 Å². The van der Waals surface area contributed by atoms with Crippen molar-refractivity contribution in [3.63, 3.8) is 0 Å². The number of rotatable bonds is 9. The van der Waals surface area contributed by atoms with Crippen molar-refractivity contribution in [1.29, 1.82) is 0 Å². The lowest BCUT2D eigenvalue weighted by molar-refractivity contribution is -0.128. The molecule has 0 radical (unpaired) electrons. The van der Waals surface area contributed by atoms with Crippen LogP contribution in [0.3, 0.4) is 0 Å². The van der Waals surface area contributed by atoms with E-state index >= 15 is 0 Å². The molecule has 0 aliphatic heterocycles. The van der Waals surface area contributed by atoms with Gasteiger partial charge in [-0.3, -0.25) is 9.59 Å². The number of hydrogen-bond donors (Lipinski definition) is 2. The van der Waals surface area contributed by atoms with E-state index in [9.17, 15) is 9.59 Å². The molecule has 0 bridgehead atoms. The van der Waals surface area contributed by atoms with E-state index in [1.54, 1.807) is 36.4 Å². The highest BCUT2D eigenvalue weighted by Gasteiger charge is 2.36. The first-order valence-corrected chi connectivity index (χ1v) is 9.32. The van der Waals surface area contributed by atoms with Crippen molar-refractivity contribution in [2.75, 3.05) is 42.5 Å². The van der Waals surface area contributed by atoms with Crippen molar-refractivity contribution in [2.45, 2.75) is 11.8 Å². The van der Waals surface area contributed by atoms with E-state index in [0.717, 1.165) is 0 Å². The summed E-state index contributed by atoms with van der Waals surface area (Å²) in [6.07, 6.45) is 0. The summed E-state index contributed by atoms with van der Waals surface area (Å²) in [5.74, 6) is -0.297. The maximum absolute atomic E-state index is 13.0. The lowest BCUT2D eigenvalue weighted by atomic mass is 9.79. The van der Waals surface area contributed by atoms with E-state index in [2.05, 4.69) is 10.6 Å². The number of methoxy groups -OCH3 is 4. The van der Waals surface area contributed by atoms with Crippen molar-refractivity contribution >= 4 is 11.8 Å². The van der Waals surface area contributed by atoms with Gasteiger partial charge in [0.05, 0.1) is 40.3 Å². The van der Waals surface area contributed by atoms with Gasteiger partial charge in [0.1, 0.15) is 0 Å². The summed E-state index contributed by atoms with van der Waals surface area (Å²) in [6.45, 7) is 0. The van der Waals surface area contributed by atoms with E-state index in [4.69, 9.17) is 18.9 Å². The maximum Gasteiger partial charge on any atom is 0.228 e. The van der Waals surface area contributed by atoms with Gasteiger partial charge in [-0.2, -0.15) is 0 Å². The van der Waals surface area contributed by atoms with Crippen LogP contribution in [0.5, 0.6) is 23.0 Å². The minimum absolute atomic E-state index is 0.314. The third kappa shape index (κ3) is 4.59. The van der Waals surface area contributed by atoms with Crippen LogP contribution in [0.2, 0.25) is 0 Å². The number of hydrogen-bond acceptors (Lipinski definition) is 6. The summed E-state index contributed by atoms with van der Waals surface area (Å²) in [5.41, 5.74) is 1.21. The Bertz CT molecular complexity index is 826. The van der Waals surface area contributed by atoms with E-state index in [-0.39, 0.29) is 11.8 Å². The average molecular weight is 416 g/mol. The van der Waals surface area contributed by atoms with Gasteiger partial charge >= 0.3 is 0 Å². The quantitative estimate of drug-likeness (QED) is 0.650. The number of nitrogens with one attached hydrogen (secondary N) is 2. The molecule has 0 saturated heterocycles. The van der Waals surface area contributed by atoms with Crippen molar-refractivity contribution in [1.82, 2.24) is 10.6 Å². The molecule has 0 aromatic heterocycles. The average Bonchev–Trinajstić information content (AvgIpc) is 2.80. The molecule has 8 nitrogen and oxygen atoms in total. The predicted molar refractivity (Wildman–Crippen MR) is 113 cm³/mol. The van der Waals surface area contributed by atoms with Gasteiger partial charge in [0.25, 0.3) is 0 Å². The van der Waals surface area contributed by atoms with Crippen LogP contribution in [0, 0.1) is 0 Å². The summed E-state index contributed by atoms with van der Waals surface area (Å²) >= 11 is 0. The summed E-state index contributed by atoms with van der Waals surface area (Å²) < 4.78 is 21.4. The lowest BCUT2D eigenvalue weighted by Gasteiger charge is -2.26. The zero-order chi connectivity index (χ0) is 22.3. The third-order valence-electron chi connectivity index (χ3n) is 4.92. The van der Waals surface area contributed by atoms with Crippen molar-refractivity contribution < 1.29 is 28.5 Å². The van der Waals surface area contributed by atoms with Gasteiger partial charge in [-0.15, -0.1) is 0 Å². The largest absolute Gasteiger partial charge is 0.493 e. The molecule has 162 valence electrons. The predicted octanol–water partition coefficient (Wildman–Crippen LogP) is 2.08. The number of likely N-dealkylation sites (N-methyl/N-ethyl adjacent to an activating group) is 2. The Morgan fingerprint density at radius 2 is 0.967 bits per heavy atom. The summed E-state index contributed by atoms with van der Waals surface area (Å²) in [5, 5.41) is 5.33. The minimum Gasteiger partial charge on any atom is -0.493 e.